The van der Waals surface area contributed by atoms with Crippen LogP contribution in [0.5, 0.6) is 0 Å². The highest BCUT2D eigenvalue weighted by Gasteiger charge is 2.08. The molecule has 0 amide bonds. The number of rotatable bonds is 4. The van der Waals surface area contributed by atoms with E-state index >= 15 is 0 Å². The number of aliphatic carboxylic acids is 1. The summed E-state index contributed by atoms with van der Waals surface area (Å²) in [6.45, 7) is 0.501. The molecule has 0 aromatic heterocycles. The second-order valence-electron chi connectivity index (χ2n) is 1.88. The normalized spacial score (nSPS) is 11.8. The first kappa shape index (κ1) is 12.1. The summed E-state index contributed by atoms with van der Waals surface area (Å²) in [5, 5.41) is 8.24. The van der Waals surface area contributed by atoms with Crippen LogP contribution in [0.4, 0.5) is 0 Å². The van der Waals surface area contributed by atoms with Crippen LogP contribution in [0.25, 0.3) is 0 Å². The summed E-state index contributed by atoms with van der Waals surface area (Å²) in [5.74, 6) is -0.955. The Labute approximate surface area is 59.3 Å². The average molecular weight is 150 g/mol. The Morgan fingerprint density at radius 3 is 2.40 bits per heavy atom. The van der Waals surface area contributed by atoms with Crippen LogP contribution in [0.15, 0.2) is 0 Å². The fourth-order valence-corrected chi connectivity index (χ4v) is 0.461. The maximum absolute atomic E-state index is 10.0. The Morgan fingerprint density at radius 1 is 1.60 bits per heavy atom. The molecule has 0 aliphatic rings. The fraction of sp³-hybridized carbons (Fsp3) is 0.800. The van der Waals surface area contributed by atoms with Crippen LogP contribution >= 0.6 is 0 Å². The quantitative estimate of drug-likeness (QED) is 0.442. The van der Waals surface area contributed by atoms with Gasteiger partial charge in [0.25, 0.3) is 0 Å². The second kappa shape index (κ2) is 6.47. The zero-order valence-electron chi connectivity index (χ0n) is 5.71. The van der Waals surface area contributed by atoms with Crippen LogP contribution in [0, 0.1) is 0 Å². The van der Waals surface area contributed by atoms with Crippen molar-refractivity contribution in [2.24, 2.45) is 11.5 Å². The predicted octanol–water partition coefficient (Wildman–Crippen LogP) is -1.69. The van der Waals surface area contributed by atoms with E-state index in [0.717, 1.165) is 0 Å². The van der Waals surface area contributed by atoms with Gasteiger partial charge in [-0.3, -0.25) is 4.79 Å². The highest BCUT2D eigenvalue weighted by molar-refractivity contribution is 5.72. The summed E-state index contributed by atoms with van der Waals surface area (Å²) in [7, 11) is 0. The SMILES string of the molecule is NCCC[C@H](N)C(=O)O.O. The molecule has 1 atom stereocenters. The summed E-state index contributed by atoms with van der Waals surface area (Å²) in [6.07, 6.45) is 1.14. The maximum Gasteiger partial charge on any atom is 0.320 e. The summed E-state index contributed by atoms with van der Waals surface area (Å²) < 4.78 is 0. The lowest BCUT2D eigenvalue weighted by atomic mass is 10.2. The van der Waals surface area contributed by atoms with Gasteiger partial charge in [0, 0.05) is 0 Å². The van der Waals surface area contributed by atoms with Crippen molar-refractivity contribution in [1.82, 2.24) is 0 Å². The maximum atomic E-state index is 10.0. The van der Waals surface area contributed by atoms with Crippen molar-refractivity contribution in [3.63, 3.8) is 0 Å². The second-order valence-corrected chi connectivity index (χ2v) is 1.88. The Morgan fingerprint density at radius 2 is 2.10 bits per heavy atom. The van der Waals surface area contributed by atoms with E-state index in [4.69, 9.17) is 16.6 Å². The van der Waals surface area contributed by atoms with E-state index in [-0.39, 0.29) is 5.48 Å². The van der Waals surface area contributed by atoms with Crippen LogP contribution in [0.2, 0.25) is 0 Å². The molecule has 0 unspecified atom stereocenters. The molecule has 5 heteroatoms. The first-order chi connectivity index (χ1) is 4.18. The van der Waals surface area contributed by atoms with Crippen molar-refractivity contribution in [2.75, 3.05) is 6.54 Å². The number of carboxylic acids is 1. The van der Waals surface area contributed by atoms with E-state index in [1.807, 2.05) is 0 Å². The van der Waals surface area contributed by atoms with Gasteiger partial charge in [-0.1, -0.05) is 0 Å². The van der Waals surface area contributed by atoms with Gasteiger partial charge in [-0.2, -0.15) is 0 Å². The molecule has 0 rings (SSSR count). The zero-order valence-corrected chi connectivity index (χ0v) is 5.71. The molecule has 0 aromatic carbocycles. The molecule has 0 radical (unpaired) electrons. The number of hydrogen-bond acceptors (Lipinski definition) is 3. The van der Waals surface area contributed by atoms with Gasteiger partial charge in [-0.15, -0.1) is 0 Å². The number of nitrogens with two attached hydrogens (primary N) is 2. The predicted molar refractivity (Wildman–Crippen MR) is 37.5 cm³/mol. The van der Waals surface area contributed by atoms with Crippen LogP contribution in [0.3, 0.4) is 0 Å². The minimum absolute atomic E-state index is 0. The lowest BCUT2D eigenvalue weighted by molar-refractivity contribution is -0.138. The molecular weight excluding hydrogens is 136 g/mol. The Kier molecular flexibility index (Phi) is 7.81. The monoisotopic (exact) mass is 150 g/mol. The first-order valence-electron chi connectivity index (χ1n) is 2.87. The third kappa shape index (κ3) is 5.49. The molecule has 0 aliphatic heterocycles. The molecule has 7 N–H and O–H groups in total. The highest BCUT2D eigenvalue weighted by atomic mass is 16.4. The van der Waals surface area contributed by atoms with Gasteiger partial charge in [-0.05, 0) is 19.4 Å². The van der Waals surface area contributed by atoms with Gasteiger partial charge >= 0.3 is 5.97 Å². The van der Waals surface area contributed by atoms with Crippen molar-refractivity contribution in [2.45, 2.75) is 18.9 Å². The Hall–Kier alpha value is -0.650. The molecule has 0 aromatic rings. The standard InChI is InChI=1S/C5H12N2O2.H2O/c6-3-1-2-4(7)5(8)9;/h4H,1-3,6-7H2,(H,8,9);1H2/t4-;/m0./s1. The molecule has 0 heterocycles. The van der Waals surface area contributed by atoms with Gasteiger partial charge in [0.05, 0.1) is 0 Å². The van der Waals surface area contributed by atoms with Crippen LogP contribution in [-0.4, -0.2) is 29.1 Å². The molecular formula is C5H14N2O3. The largest absolute Gasteiger partial charge is 0.480 e. The van der Waals surface area contributed by atoms with Crippen molar-refractivity contribution in [3.05, 3.63) is 0 Å². The molecule has 0 saturated carbocycles. The van der Waals surface area contributed by atoms with E-state index < -0.39 is 12.0 Å². The smallest absolute Gasteiger partial charge is 0.320 e. The Balaban J connectivity index is 0. The zero-order chi connectivity index (χ0) is 7.28. The van der Waals surface area contributed by atoms with E-state index in [2.05, 4.69) is 0 Å². The van der Waals surface area contributed by atoms with Gasteiger partial charge in [0.1, 0.15) is 6.04 Å². The van der Waals surface area contributed by atoms with Gasteiger partial charge < -0.3 is 22.1 Å². The number of carboxylic acid groups (broad SMARTS) is 1. The molecule has 0 fully saturated rings. The van der Waals surface area contributed by atoms with Crippen molar-refractivity contribution >= 4 is 5.97 Å². The number of carbonyl (C=O) groups is 1. The molecule has 0 bridgehead atoms. The summed E-state index contributed by atoms with van der Waals surface area (Å²) in [4.78, 5) is 10.0. The molecule has 10 heavy (non-hydrogen) atoms. The van der Waals surface area contributed by atoms with Crippen LogP contribution in [-0.2, 0) is 4.79 Å². The molecule has 0 aliphatic carbocycles. The topological polar surface area (TPSA) is 121 Å². The minimum Gasteiger partial charge on any atom is -0.480 e. The van der Waals surface area contributed by atoms with E-state index in [0.29, 0.717) is 19.4 Å². The molecule has 0 spiro atoms. The summed E-state index contributed by atoms with van der Waals surface area (Å²) >= 11 is 0. The van der Waals surface area contributed by atoms with Gasteiger partial charge in [-0.25, -0.2) is 0 Å². The summed E-state index contributed by atoms with van der Waals surface area (Å²) in [5.41, 5.74) is 10.3. The van der Waals surface area contributed by atoms with E-state index in [1.54, 1.807) is 0 Å². The van der Waals surface area contributed by atoms with Crippen molar-refractivity contribution < 1.29 is 15.4 Å². The Bertz CT molecular complexity index is 96.9. The minimum atomic E-state index is -0.955. The lowest BCUT2D eigenvalue weighted by Crippen LogP contribution is -2.30. The van der Waals surface area contributed by atoms with Gasteiger partial charge in [0.15, 0.2) is 0 Å². The fourth-order valence-electron chi connectivity index (χ4n) is 0.461. The molecule has 5 nitrogen and oxygen atoms in total. The van der Waals surface area contributed by atoms with E-state index in [9.17, 15) is 4.79 Å². The molecule has 0 saturated heterocycles. The lowest BCUT2D eigenvalue weighted by Gasteiger charge is -2.02. The van der Waals surface area contributed by atoms with Crippen molar-refractivity contribution in [1.29, 1.82) is 0 Å². The van der Waals surface area contributed by atoms with Gasteiger partial charge in [0.2, 0.25) is 0 Å². The molecule has 62 valence electrons. The first-order valence-corrected chi connectivity index (χ1v) is 2.87. The van der Waals surface area contributed by atoms with Crippen molar-refractivity contribution in [3.8, 4) is 0 Å². The third-order valence-electron chi connectivity index (χ3n) is 1.04. The van der Waals surface area contributed by atoms with Crippen LogP contribution in [0.1, 0.15) is 12.8 Å². The average Bonchev–Trinajstić information content (AvgIpc) is 1.82. The highest BCUT2D eigenvalue weighted by Crippen LogP contribution is 1.91. The van der Waals surface area contributed by atoms with E-state index in [1.165, 1.54) is 0 Å². The summed E-state index contributed by atoms with van der Waals surface area (Å²) in [6, 6.07) is -0.742. The third-order valence-corrected chi connectivity index (χ3v) is 1.04. The van der Waals surface area contributed by atoms with Crippen LogP contribution < -0.4 is 11.5 Å². The number of hydrogen-bond donors (Lipinski definition) is 3.